The summed E-state index contributed by atoms with van der Waals surface area (Å²) in [4.78, 5) is 23.7. The molecule has 8 heteroatoms. The number of benzene rings is 1. The van der Waals surface area contributed by atoms with Crippen LogP contribution >= 0.6 is 0 Å². The number of carboxylic acids is 1. The average molecular weight is 304 g/mol. The molecule has 0 fully saturated rings. The Labute approximate surface area is 119 Å². The molecule has 0 aliphatic heterocycles. The molecule has 116 valence electrons. The Morgan fingerprint density at radius 1 is 1.33 bits per heavy atom. The molecule has 1 aromatic carbocycles. The van der Waals surface area contributed by atoms with Crippen molar-refractivity contribution in [3.05, 3.63) is 29.3 Å². The maximum absolute atomic E-state index is 12.1. The number of urea groups is 1. The Hall–Kier alpha value is -2.25. The van der Waals surface area contributed by atoms with Gasteiger partial charge in [-0.25, -0.2) is 9.59 Å². The Morgan fingerprint density at radius 2 is 1.95 bits per heavy atom. The lowest BCUT2D eigenvalue weighted by Crippen LogP contribution is -2.34. The van der Waals surface area contributed by atoms with Crippen molar-refractivity contribution >= 4 is 17.7 Å². The molecule has 21 heavy (non-hydrogen) atoms. The number of aromatic carboxylic acids is 1. The maximum atomic E-state index is 12.1. The van der Waals surface area contributed by atoms with Crippen molar-refractivity contribution in [3.8, 4) is 0 Å². The largest absolute Gasteiger partial charge is 0.478 e. The Balaban J connectivity index is 2.77. The van der Waals surface area contributed by atoms with Crippen LogP contribution in [-0.2, 0) is 0 Å². The molecule has 0 heterocycles. The van der Waals surface area contributed by atoms with E-state index in [4.69, 9.17) is 5.11 Å². The molecule has 2 N–H and O–H groups in total. The van der Waals surface area contributed by atoms with Crippen molar-refractivity contribution in [3.63, 3.8) is 0 Å². The van der Waals surface area contributed by atoms with E-state index in [1.54, 1.807) is 13.0 Å². The van der Waals surface area contributed by atoms with Crippen molar-refractivity contribution in [2.75, 3.05) is 18.9 Å². The lowest BCUT2D eigenvalue weighted by molar-refractivity contribution is -0.135. The molecule has 5 nitrogen and oxygen atoms in total. The Bertz CT molecular complexity index is 544. The highest BCUT2D eigenvalue weighted by molar-refractivity contribution is 6.00. The fraction of sp³-hybridized carbons (Fsp3) is 0.385. The average Bonchev–Trinajstić information content (AvgIpc) is 2.36. The zero-order chi connectivity index (χ0) is 16.2. The second-order valence-corrected chi connectivity index (χ2v) is 4.57. The monoisotopic (exact) mass is 304 g/mol. The second-order valence-electron chi connectivity index (χ2n) is 4.57. The van der Waals surface area contributed by atoms with Crippen LogP contribution in [0.3, 0.4) is 0 Å². The van der Waals surface area contributed by atoms with Gasteiger partial charge in [0.2, 0.25) is 0 Å². The van der Waals surface area contributed by atoms with E-state index < -0.39 is 31.1 Å². The smallest absolute Gasteiger partial charge is 0.390 e. The minimum absolute atomic E-state index is 0.0389. The number of aryl methyl sites for hydroxylation is 1. The van der Waals surface area contributed by atoms with Gasteiger partial charge in [0.25, 0.3) is 0 Å². The molecular weight excluding hydrogens is 289 g/mol. The predicted octanol–water partition coefficient (Wildman–Crippen LogP) is 3.11. The number of carboxylic acid groups (broad SMARTS) is 1. The summed E-state index contributed by atoms with van der Waals surface area (Å²) >= 11 is 0. The first-order chi connectivity index (χ1) is 9.60. The van der Waals surface area contributed by atoms with Crippen LogP contribution in [0.15, 0.2) is 18.2 Å². The van der Waals surface area contributed by atoms with Gasteiger partial charge >= 0.3 is 18.2 Å². The van der Waals surface area contributed by atoms with Gasteiger partial charge in [-0.2, -0.15) is 13.2 Å². The maximum Gasteiger partial charge on any atom is 0.390 e. The number of alkyl halides is 3. The van der Waals surface area contributed by atoms with E-state index in [2.05, 4.69) is 5.32 Å². The number of amides is 2. The zero-order valence-corrected chi connectivity index (χ0v) is 11.5. The van der Waals surface area contributed by atoms with E-state index in [1.807, 2.05) is 0 Å². The van der Waals surface area contributed by atoms with Crippen LogP contribution in [0.4, 0.5) is 23.7 Å². The van der Waals surface area contributed by atoms with Crippen LogP contribution in [0.2, 0.25) is 0 Å². The lowest BCUT2D eigenvalue weighted by Gasteiger charge is -2.19. The summed E-state index contributed by atoms with van der Waals surface area (Å²) in [5.74, 6) is -1.23. The molecule has 0 saturated heterocycles. The summed E-state index contributed by atoms with van der Waals surface area (Å²) in [6.45, 7) is 1.18. The first-order valence-electron chi connectivity index (χ1n) is 6.03. The normalized spacial score (nSPS) is 11.1. The molecule has 2 amide bonds. The molecule has 0 spiro atoms. The molecule has 0 atom stereocenters. The summed E-state index contributed by atoms with van der Waals surface area (Å²) in [6.07, 6.45) is -5.48. The van der Waals surface area contributed by atoms with Crippen LogP contribution < -0.4 is 5.32 Å². The van der Waals surface area contributed by atoms with Crippen LogP contribution in [0, 0.1) is 6.92 Å². The number of nitrogens with zero attached hydrogens (tertiary/aromatic N) is 1. The van der Waals surface area contributed by atoms with Gasteiger partial charge < -0.3 is 15.3 Å². The van der Waals surface area contributed by atoms with E-state index in [9.17, 15) is 22.8 Å². The Kier molecular flexibility index (Phi) is 5.17. The minimum atomic E-state index is -4.36. The lowest BCUT2D eigenvalue weighted by atomic mass is 10.1. The second kappa shape index (κ2) is 6.47. The van der Waals surface area contributed by atoms with Crippen LogP contribution in [-0.4, -0.2) is 41.8 Å². The van der Waals surface area contributed by atoms with Crippen molar-refractivity contribution in [1.82, 2.24) is 4.90 Å². The molecule has 0 saturated carbocycles. The topological polar surface area (TPSA) is 69.6 Å². The van der Waals surface area contributed by atoms with Crippen LogP contribution in [0.1, 0.15) is 22.3 Å². The highest BCUT2D eigenvalue weighted by atomic mass is 19.4. The fourth-order valence-electron chi connectivity index (χ4n) is 1.55. The fourth-order valence-corrected chi connectivity index (χ4v) is 1.55. The molecule has 0 bridgehead atoms. The SMILES string of the molecule is Cc1ccc(NC(=O)N(C)CCC(F)(F)F)c(C(=O)O)c1. The highest BCUT2D eigenvalue weighted by Gasteiger charge is 2.28. The van der Waals surface area contributed by atoms with Gasteiger partial charge in [-0.3, -0.25) is 0 Å². The molecule has 0 radical (unpaired) electrons. The van der Waals surface area contributed by atoms with Gasteiger partial charge in [-0.1, -0.05) is 11.6 Å². The summed E-state index contributed by atoms with van der Waals surface area (Å²) < 4.78 is 36.3. The van der Waals surface area contributed by atoms with E-state index in [0.717, 1.165) is 4.90 Å². The third-order valence-electron chi connectivity index (χ3n) is 2.72. The quantitative estimate of drug-likeness (QED) is 0.898. The molecule has 1 aromatic rings. The number of hydrogen-bond acceptors (Lipinski definition) is 2. The first kappa shape index (κ1) is 16.8. The van der Waals surface area contributed by atoms with E-state index >= 15 is 0 Å². The summed E-state index contributed by atoms with van der Waals surface area (Å²) in [6, 6.07) is 3.56. The third kappa shape index (κ3) is 5.33. The van der Waals surface area contributed by atoms with Crippen LogP contribution in [0.5, 0.6) is 0 Å². The van der Waals surface area contributed by atoms with Gasteiger partial charge in [-0.15, -0.1) is 0 Å². The number of carbonyl (C=O) groups is 2. The number of nitrogens with one attached hydrogen (secondary N) is 1. The highest BCUT2D eigenvalue weighted by Crippen LogP contribution is 2.20. The van der Waals surface area contributed by atoms with E-state index in [1.165, 1.54) is 19.2 Å². The molecule has 1 rings (SSSR count). The summed E-state index contributed by atoms with van der Waals surface area (Å²) in [5, 5.41) is 11.3. The van der Waals surface area contributed by atoms with Gasteiger partial charge in [0.05, 0.1) is 17.7 Å². The number of rotatable bonds is 4. The first-order valence-corrected chi connectivity index (χ1v) is 6.03. The number of halogens is 3. The van der Waals surface area contributed by atoms with Gasteiger partial charge in [0, 0.05) is 13.6 Å². The number of anilines is 1. The predicted molar refractivity (Wildman–Crippen MR) is 70.5 cm³/mol. The van der Waals surface area contributed by atoms with Crippen LogP contribution in [0.25, 0.3) is 0 Å². The van der Waals surface area contributed by atoms with E-state index in [-0.39, 0.29) is 11.3 Å². The minimum Gasteiger partial charge on any atom is -0.478 e. The summed E-state index contributed by atoms with van der Waals surface area (Å²) in [5.41, 5.74) is 0.611. The van der Waals surface area contributed by atoms with E-state index in [0.29, 0.717) is 5.56 Å². The van der Waals surface area contributed by atoms with Crippen molar-refractivity contribution in [1.29, 1.82) is 0 Å². The Morgan fingerprint density at radius 3 is 2.48 bits per heavy atom. The zero-order valence-electron chi connectivity index (χ0n) is 11.5. The molecule has 0 unspecified atom stereocenters. The van der Waals surface area contributed by atoms with Gasteiger partial charge in [0.1, 0.15) is 0 Å². The standard InChI is InChI=1S/C13H15F3N2O3/c1-8-3-4-10(9(7-8)11(19)20)17-12(21)18(2)6-5-13(14,15)16/h3-4,7H,5-6H2,1-2H3,(H,17,21)(H,19,20). The molecule has 0 aromatic heterocycles. The number of carbonyl (C=O) groups excluding carboxylic acids is 1. The van der Waals surface area contributed by atoms with Crippen molar-refractivity contribution < 1.29 is 27.9 Å². The van der Waals surface area contributed by atoms with Crippen molar-refractivity contribution in [2.24, 2.45) is 0 Å². The van der Waals surface area contributed by atoms with Gasteiger partial charge in [0.15, 0.2) is 0 Å². The molecular formula is C13H15F3N2O3. The number of hydrogen-bond donors (Lipinski definition) is 2. The molecule has 0 aliphatic rings. The van der Waals surface area contributed by atoms with Crippen molar-refractivity contribution in [2.45, 2.75) is 19.5 Å². The van der Waals surface area contributed by atoms with Gasteiger partial charge in [-0.05, 0) is 19.1 Å². The summed E-state index contributed by atoms with van der Waals surface area (Å²) in [7, 11) is 1.20. The molecule has 0 aliphatic carbocycles. The third-order valence-corrected chi connectivity index (χ3v) is 2.72.